The lowest BCUT2D eigenvalue weighted by molar-refractivity contribution is -0.384. The number of rotatable bonds is 4. The number of aromatic nitrogens is 1. The molecule has 4 aromatic rings. The van der Waals surface area contributed by atoms with Crippen molar-refractivity contribution in [1.82, 2.24) is 4.98 Å². The number of amides is 1. The molecule has 0 aliphatic rings. The number of oxazole rings is 1. The van der Waals surface area contributed by atoms with E-state index in [0.29, 0.717) is 43.9 Å². The number of hydrogen-bond donors (Lipinski definition) is 1. The molecule has 1 N–H and O–H groups in total. The van der Waals surface area contributed by atoms with Crippen LogP contribution >= 0.6 is 23.2 Å². The molecule has 0 aliphatic carbocycles. The number of fused-ring (bicyclic) bond motifs is 1. The molecule has 1 heterocycles. The molecule has 7 nitrogen and oxygen atoms in total. The van der Waals surface area contributed by atoms with Crippen molar-refractivity contribution in [1.29, 1.82) is 0 Å². The summed E-state index contributed by atoms with van der Waals surface area (Å²) in [6, 6.07) is 15.5. The molecule has 9 heteroatoms. The summed E-state index contributed by atoms with van der Waals surface area (Å²) in [4.78, 5) is 27.0. The predicted molar refractivity (Wildman–Crippen MR) is 111 cm³/mol. The quantitative estimate of drug-likeness (QED) is 0.319. The third-order valence-corrected chi connectivity index (χ3v) is 4.62. The number of anilines is 1. The van der Waals surface area contributed by atoms with Gasteiger partial charge in [-0.05, 0) is 42.5 Å². The molecule has 3 aromatic carbocycles. The number of non-ortho nitro benzene ring substituents is 1. The largest absolute Gasteiger partial charge is 0.435 e. The van der Waals surface area contributed by atoms with Crippen LogP contribution in [0.3, 0.4) is 0 Å². The molecule has 4 rings (SSSR count). The van der Waals surface area contributed by atoms with Crippen molar-refractivity contribution in [3.05, 3.63) is 86.4 Å². The van der Waals surface area contributed by atoms with Gasteiger partial charge in [-0.1, -0.05) is 29.3 Å². The number of hydrogen-bond acceptors (Lipinski definition) is 5. The summed E-state index contributed by atoms with van der Waals surface area (Å²) in [6.07, 6.45) is 0. The van der Waals surface area contributed by atoms with Gasteiger partial charge in [0.2, 0.25) is 5.89 Å². The van der Waals surface area contributed by atoms with Gasteiger partial charge in [-0.15, -0.1) is 0 Å². The van der Waals surface area contributed by atoms with Crippen LogP contribution in [0.1, 0.15) is 10.4 Å². The maximum Gasteiger partial charge on any atom is 0.269 e. The first-order chi connectivity index (χ1) is 13.9. The minimum Gasteiger partial charge on any atom is -0.435 e. The second kappa shape index (κ2) is 7.54. The SMILES string of the molecule is O=C(Nc1cccc(-c2nc3cc(Cl)cc(Cl)c3o2)c1)c1ccc([N+](=O)[O-])cc1. The van der Waals surface area contributed by atoms with Crippen molar-refractivity contribution in [2.75, 3.05) is 5.32 Å². The second-order valence-electron chi connectivity index (χ2n) is 6.09. The minimum atomic E-state index is -0.523. The van der Waals surface area contributed by atoms with Gasteiger partial charge < -0.3 is 9.73 Å². The zero-order valence-corrected chi connectivity index (χ0v) is 16.1. The molecule has 0 spiro atoms. The summed E-state index contributed by atoms with van der Waals surface area (Å²) in [5.74, 6) is -0.0694. The Bertz CT molecular complexity index is 1250. The van der Waals surface area contributed by atoms with E-state index < -0.39 is 10.8 Å². The van der Waals surface area contributed by atoms with E-state index in [1.807, 2.05) is 0 Å². The second-order valence-corrected chi connectivity index (χ2v) is 6.94. The van der Waals surface area contributed by atoms with E-state index in [1.165, 1.54) is 24.3 Å². The van der Waals surface area contributed by atoms with E-state index >= 15 is 0 Å². The van der Waals surface area contributed by atoms with Gasteiger partial charge in [-0.25, -0.2) is 4.98 Å². The van der Waals surface area contributed by atoms with Crippen molar-refractivity contribution >= 4 is 51.6 Å². The monoisotopic (exact) mass is 427 g/mol. The Labute approximate surface area is 174 Å². The highest BCUT2D eigenvalue weighted by Crippen LogP contribution is 2.32. The van der Waals surface area contributed by atoms with Crippen LogP contribution in [0.2, 0.25) is 10.0 Å². The third-order valence-electron chi connectivity index (χ3n) is 4.12. The number of carbonyl (C=O) groups excluding carboxylic acids is 1. The first-order valence-electron chi connectivity index (χ1n) is 8.32. The van der Waals surface area contributed by atoms with Crippen LogP contribution in [0.4, 0.5) is 11.4 Å². The van der Waals surface area contributed by atoms with E-state index in [-0.39, 0.29) is 5.69 Å². The molecule has 1 amide bonds. The first kappa shape index (κ1) is 18.9. The Morgan fingerprint density at radius 1 is 1.07 bits per heavy atom. The zero-order valence-electron chi connectivity index (χ0n) is 14.6. The lowest BCUT2D eigenvalue weighted by Gasteiger charge is -2.06. The smallest absolute Gasteiger partial charge is 0.269 e. The first-order valence-corrected chi connectivity index (χ1v) is 9.08. The van der Waals surface area contributed by atoms with Crippen LogP contribution in [-0.2, 0) is 0 Å². The van der Waals surface area contributed by atoms with Gasteiger partial charge in [0.25, 0.3) is 11.6 Å². The molecule has 0 saturated heterocycles. The summed E-state index contributed by atoms with van der Waals surface area (Å²) in [6.45, 7) is 0. The molecule has 0 bridgehead atoms. The van der Waals surface area contributed by atoms with Crippen LogP contribution < -0.4 is 5.32 Å². The van der Waals surface area contributed by atoms with E-state index in [4.69, 9.17) is 27.6 Å². The maximum absolute atomic E-state index is 12.4. The van der Waals surface area contributed by atoms with Crippen molar-refractivity contribution in [2.45, 2.75) is 0 Å². The van der Waals surface area contributed by atoms with Gasteiger partial charge in [0.15, 0.2) is 5.58 Å². The summed E-state index contributed by atoms with van der Waals surface area (Å²) < 4.78 is 5.74. The Morgan fingerprint density at radius 2 is 1.83 bits per heavy atom. The normalized spacial score (nSPS) is 10.8. The number of nitrogens with one attached hydrogen (secondary N) is 1. The standard InChI is InChI=1S/C20H11Cl2N3O4/c21-13-9-16(22)18-17(10-13)24-20(29-18)12-2-1-3-14(8-12)23-19(26)11-4-6-15(7-5-11)25(27)28/h1-10H,(H,23,26). The van der Waals surface area contributed by atoms with E-state index in [2.05, 4.69) is 10.3 Å². The molecule has 144 valence electrons. The number of nitrogens with zero attached hydrogens (tertiary/aromatic N) is 2. The molecule has 1 aromatic heterocycles. The van der Waals surface area contributed by atoms with Gasteiger partial charge in [-0.2, -0.15) is 0 Å². The molecule has 0 radical (unpaired) electrons. The maximum atomic E-state index is 12.4. The van der Waals surface area contributed by atoms with E-state index in [0.717, 1.165) is 0 Å². The Hall–Kier alpha value is -3.42. The van der Waals surface area contributed by atoms with Gasteiger partial charge in [0.05, 0.1) is 9.95 Å². The summed E-state index contributed by atoms with van der Waals surface area (Å²) >= 11 is 12.1. The molecule has 29 heavy (non-hydrogen) atoms. The third kappa shape index (κ3) is 3.91. The number of nitro benzene ring substituents is 1. The van der Waals surface area contributed by atoms with E-state index in [9.17, 15) is 14.9 Å². The van der Waals surface area contributed by atoms with Gasteiger partial charge in [-0.3, -0.25) is 14.9 Å². The predicted octanol–water partition coefficient (Wildman–Crippen LogP) is 5.96. The van der Waals surface area contributed by atoms with E-state index in [1.54, 1.807) is 36.4 Å². The fourth-order valence-electron chi connectivity index (χ4n) is 2.75. The lowest BCUT2D eigenvalue weighted by atomic mass is 10.1. The summed E-state index contributed by atoms with van der Waals surface area (Å²) in [5, 5.41) is 14.3. The fourth-order valence-corrected chi connectivity index (χ4v) is 3.27. The molecular weight excluding hydrogens is 417 g/mol. The van der Waals surface area contributed by atoms with Crippen molar-refractivity contribution in [3.8, 4) is 11.5 Å². The van der Waals surface area contributed by atoms with Crippen LogP contribution in [0.15, 0.2) is 65.1 Å². The number of nitro groups is 1. The van der Waals surface area contributed by atoms with Crippen LogP contribution in [-0.4, -0.2) is 15.8 Å². The zero-order chi connectivity index (χ0) is 20.5. The molecule has 0 aliphatic heterocycles. The minimum absolute atomic E-state index is 0.0849. The molecule has 0 fully saturated rings. The summed E-state index contributed by atoms with van der Waals surface area (Å²) in [7, 11) is 0. The van der Waals surface area contributed by atoms with Gasteiger partial charge >= 0.3 is 0 Å². The molecule has 0 atom stereocenters. The highest BCUT2D eigenvalue weighted by molar-refractivity contribution is 6.38. The topological polar surface area (TPSA) is 98.3 Å². The van der Waals surface area contributed by atoms with Crippen molar-refractivity contribution in [3.63, 3.8) is 0 Å². The average Bonchev–Trinajstić information content (AvgIpc) is 3.13. The van der Waals surface area contributed by atoms with Gasteiger partial charge in [0.1, 0.15) is 5.52 Å². The lowest BCUT2D eigenvalue weighted by Crippen LogP contribution is -2.11. The van der Waals surface area contributed by atoms with Crippen LogP contribution in [0.25, 0.3) is 22.6 Å². The van der Waals surface area contributed by atoms with Gasteiger partial charge in [0, 0.05) is 34.0 Å². The number of halogens is 2. The highest BCUT2D eigenvalue weighted by atomic mass is 35.5. The highest BCUT2D eigenvalue weighted by Gasteiger charge is 2.14. The van der Waals surface area contributed by atoms with Crippen molar-refractivity contribution < 1.29 is 14.1 Å². The number of carbonyl (C=O) groups is 1. The Morgan fingerprint density at radius 3 is 2.55 bits per heavy atom. The molecule has 0 saturated carbocycles. The molecule has 0 unspecified atom stereocenters. The fraction of sp³-hybridized carbons (Fsp3) is 0. The molecular formula is C20H11Cl2N3O4. The van der Waals surface area contributed by atoms with Crippen molar-refractivity contribution in [2.24, 2.45) is 0 Å². The van der Waals surface area contributed by atoms with Crippen LogP contribution in [0.5, 0.6) is 0 Å². The Balaban J connectivity index is 1.59. The average molecular weight is 428 g/mol. The number of benzene rings is 3. The summed E-state index contributed by atoms with van der Waals surface area (Å²) in [5.41, 5.74) is 2.30. The van der Waals surface area contributed by atoms with Crippen LogP contribution in [0, 0.1) is 10.1 Å². The Kier molecular flexibility index (Phi) is 4.92.